The maximum absolute atomic E-state index is 12.3. The van der Waals surface area contributed by atoms with Gasteiger partial charge in [0.15, 0.2) is 0 Å². The lowest BCUT2D eigenvalue weighted by atomic mass is 9.85. The summed E-state index contributed by atoms with van der Waals surface area (Å²) >= 11 is 1.49. The first-order chi connectivity index (χ1) is 12.1. The highest BCUT2D eigenvalue weighted by molar-refractivity contribution is 7.17. The van der Waals surface area contributed by atoms with Gasteiger partial charge in [0.05, 0.1) is 5.56 Å². The van der Waals surface area contributed by atoms with Crippen LogP contribution in [0.4, 0.5) is 5.00 Å². The van der Waals surface area contributed by atoms with E-state index in [4.69, 9.17) is 5.73 Å². The van der Waals surface area contributed by atoms with Crippen LogP contribution in [0.2, 0.25) is 0 Å². The van der Waals surface area contributed by atoms with Crippen LogP contribution in [-0.2, 0) is 17.6 Å². The standard InChI is InChI=1S/C20H22N2O2S/c1-2-13-8-10-15-16(12-13)25-20(18(15)19(21)24)22-17(23)11-9-14-6-4-3-5-7-14/h3-7,9,11,13H,2,8,10,12H2,1H3,(H2,21,24)(H,22,23)/b11-9+/t13-/m0/s1. The number of nitrogens with one attached hydrogen (secondary N) is 1. The molecule has 0 aliphatic heterocycles. The number of nitrogens with two attached hydrogens (primary N) is 1. The highest BCUT2D eigenvalue weighted by Crippen LogP contribution is 2.40. The molecule has 1 atom stereocenters. The van der Waals surface area contributed by atoms with E-state index in [1.165, 1.54) is 22.3 Å². The lowest BCUT2D eigenvalue weighted by Crippen LogP contribution is -2.19. The first-order valence-electron chi connectivity index (χ1n) is 8.57. The van der Waals surface area contributed by atoms with Gasteiger partial charge in [0.1, 0.15) is 5.00 Å². The Morgan fingerprint density at radius 2 is 2.08 bits per heavy atom. The van der Waals surface area contributed by atoms with Crippen LogP contribution in [-0.4, -0.2) is 11.8 Å². The molecule has 0 spiro atoms. The van der Waals surface area contributed by atoms with Gasteiger partial charge in [0, 0.05) is 11.0 Å². The van der Waals surface area contributed by atoms with E-state index < -0.39 is 5.91 Å². The molecule has 3 rings (SSSR count). The van der Waals surface area contributed by atoms with E-state index in [-0.39, 0.29) is 5.91 Å². The molecule has 0 unspecified atom stereocenters. The minimum absolute atomic E-state index is 0.253. The maximum atomic E-state index is 12.3. The topological polar surface area (TPSA) is 72.2 Å². The monoisotopic (exact) mass is 354 g/mol. The Morgan fingerprint density at radius 3 is 2.76 bits per heavy atom. The quantitative estimate of drug-likeness (QED) is 0.796. The Hall–Kier alpha value is -2.40. The number of fused-ring (bicyclic) bond motifs is 1. The Morgan fingerprint density at radius 1 is 1.32 bits per heavy atom. The minimum atomic E-state index is -0.463. The van der Waals surface area contributed by atoms with Crippen LogP contribution in [0.15, 0.2) is 36.4 Å². The average molecular weight is 354 g/mol. The van der Waals surface area contributed by atoms with Crippen LogP contribution in [0, 0.1) is 5.92 Å². The number of hydrogen-bond acceptors (Lipinski definition) is 3. The van der Waals surface area contributed by atoms with Crippen molar-refractivity contribution in [3.05, 3.63) is 58.0 Å². The number of hydrogen-bond donors (Lipinski definition) is 2. The predicted molar refractivity (Wildman–Crippen MR) is 103 cm³/mol. The molecule has 5 heteroatoms. The number of rotatable bonds is 5. The van der Waals surface area contributed by atoms with Gasteiger partial charge in [-0.05, 0) is 42.4 Å². The normalized spacial score (nSPS) is 16.6. The molecule has 1 aliphatic carbocycles. The number of anilines is 1. The van der Waals surface area contributed by atoms with Gasteiger partial charge in [0.25, 0.3) is 5.91 Å². The number of benzene rings is 1. The second kappa shape index (κ2) is 7.66. The predicted octanol–water partition coefficient (Wildman–Crippen LogP) is 4.01. The van der Waals surface area contributed by atoms with Crippen molar-refractivity contribution in [3.8, 4) is 0 Å². The van der Waals surface area contributed by atoms with Crippen molar-refractivity contribution in [2.24, 2.45) is 11.7 Å². The van der Waals surface area contributed by atoms with Gasteiger partial charge in [-0.1, -0.05) is 43.7 Å². The van der Waals surface area contributed by atoms with E-state index in [1.807, 2.05) is 30.3 Å². The van der Waals surface area contributed by atoms with Crippen LogP contribution in [0.5, 0.6) is 0 Å². The van der Waals surface area contributed by atoms with Crippen molar-refractivity contribution in [2.45, 2.75) is 32.6 Å². The first-order valence-corrected chi connectivity index (χ1v) is 9.38. The average Bonchev–Trinajstić information content (AvgIpc) is 2.97. The van der Waals surface area contributed by atoms with Crippen molar-refractivity contribution in [2.75, 3.05) is 5.32 Å². The fourth-order valence-corrected chi connectivity index (χ4v) is 4.61. The Labute approximate surface area is 151 Å². The Bertz CT molecular complexity index is 809. The van der Waals surface area contributed by atoms with Crippen LogP contribution in [0.1, 0.15) is 46.1 Å². The summed E-state index contributed by atoms with van der Waals surface area (Å²) in [5.74, 6) is -0.0693. The smallest absolute Gasteiger partial charge is 0.251 e. The molecule has 4 nitrogen and oxygen atoms in total. The minimum Gasteiger partial charge on any atom is -0.365 e. The summed E-state index contributed by atoms with van der Waals surface area (Å²) in [6.45, 7) is 2.19. The molecular formula is C20H22N2O2S. The van der Waals surface area contributed by atoms with Gasteiger partial charge in [-0.2, -0.15) is 0 Å². The highest BCUT2D eigenvalue weighted by atomic mass is 32.1. The summed E-state index contributed by atoms with van der Waals surface area (Å²) in [6, 6.07) is 9.61. The Balaban J connectivity index is 1.80. The van der Waals surface area contributed by atoms with Crippen molar-refractivity contribution >= 4 is 34.2 Å². The molecule has 0 radical (unpaired) electrons. The van der Waals surface area contributed by atoms with E-state index in [2.05, 4.69) is 12.2 Å². The molecule has 1 heterocycles. The molecule has 2 aromatic rings. The van der Waals surface area contributed by atoms with Crippen LogP contribution in [0.3, 0.4) is 0 Å². The molecule has 0 saturated heterocycles. The summed E-state index contributed by atoms with van der Waals surface area (Å²) in [4.78, 5) is 25.4. The van der Waals surface area contributed by atoms with E-state index >= 15 is 0 Å². The summed E-state index contributed by atoms with van der Waals surface area (Å²) in [6.07, 6.45) is 7.25. The zero-order valence-electron chi connectivity index (χ0n) is 14.2. The lowest BCUT2D eigenvalue weighted by Gasteiger charge is -2.20. The number of primary amides is 1. The van der Waals surface area contributed by atoms with E-state index in [1.54, 1.807) is 6.08 Å². The number of thiophene rings is 1. The van der Waals surface area contributed by atoms with Gasteiger partial charge in [0.2, 0.25) is 5.91 Å². The molecule has 25 heavy (non-hydrogen) atoms. The summed E-state index contributed by atoms with van der Waals surface area (Å²) < 4.78 is 0. The third-order valence-electron chi connectivity index (χ3n) is 4.65. The van der Waals surface area contributed by atoms with Gasteiger partial charge in [-0.25, -0.2) is 0 Å². The molecule has 1 aromatic heterocycles. The van der Waals surface area contributed by atoms with Crippen molar-refractivity contribution in [1.82, 2.24) is 0 Å². The molecule has 130 valence electrons. The second-order valence-corrected chi connectivity index (χ2v) is 7.43. The first kappa shape index (κ1) is 17.4. The molecule has 0 bridgehead atoms. The molecule has 3 N–H and O–H groups in total. The number of carbonyl (C=O) groups is 2. The summed E-state index contributed by atoms with van der Waals surface area (Å²) in [5, 5.41) is 3.42. The van der Waals surface area contributed by atoms with E-state index in [0.29, 0.717) is 16.5 Å². The fraction of sp³-hybridized carbons (Fsp3) is 0.300. The van der Waals surface area contributed by atoms with Gasteiger partial charge >= 0.3 is 0 Å². The lowest BCUT2D eigenvalue weighted by molar-refractivity contribution is -0.111. The van der Waals surface area contributed by atoms with Gasteiger partial charge in [-0.3, -0.25) is 9.59 Å². The van der Waals surface area contributed by atoms with Gasteiger partial charge < -0.3 is 11.1 Å². The van der Waals surface area contributed by atoms with Crippen molar-refractivity contribution in [1.29, 1.82) is 0 Å². The van der Waals surface area contributed by atoms with Crippen LogP contribution < -0.4 is 11.1 Å². The van der Waals surface area contributed by atoms with Crippen molar-refractivity contribution < 1.29 is 9.59 Å². The second-order valence-electron chi connectivity index (χ2n) is 6.32. The zero-order valence-corrected chi connectivity index (χ0v) is 15.1. The molecule has 2 amide bonds. The zero-order chi connectivity index (χ0) is 17.8. The van der Waals surface area contributed by atoms with Gasteiger partial charge in [-0.15, -0.1) is 11.3 Å². The summed E-state index contributed by atoms with van der Waals surface area (Å²) in [7, 11) is 0. The van der Waals surface area contributed by atoms with Crippen LogP contribution in [0.25, 0.3) is 6.08 Å². The maximum Gasteiger partial charge on any atom is 0.251 e. The van der Waals surface area contributed by atoms with Crippen molar-refractivity contribution in [3.63, 3.8) is 0 Å². The summed E-state index contributed by atoms with van der Waals surface area (Å²) in [5.41, 5.74) is 8.07. The van der Waals surface area contributed by atoms with Crippen LogP contribution >= 0.6 is 11.3 Å². The molecule has 1 aliphatic rings. The molecule has 0 fully saturated rings. The van der Waals surface area contributed by atoms with E-state index in [9.17, 15) is 9.59 Å². The number of amides is 2. The third kappa shape index (κ3) is 3.99. The SMILES string of the molecule is CC[C@H]1CCc2c(sc(NC(=O)/C=C/c3ccccc3)c2C(N)=O)C1. The Kier molecular flexibility index (Phi) is 5.34. The molecular weight excluding hydrogens is 332 g/mol. The highest BCUT2D eigenvalue weighted by Gasteiger charge is 2.27. The van der Waals surface area contributed by atoms with E-state index in [0.717, 1.165) is 36.8 Å². The molecule has 1 aromatic carbocycles. The fourth-order valence-electron chi connectivity index (χ4n) is 3.24. The number of carbonyl (C=O) groups excluding carboxylic acids is 2. The largest absolute Gasteiger partial charge is 0.365 e. The molecule has 0 saturated carbocycles. The third-order valence-corrected chi connectivity index (χ3v) is 5.82.